The van der Waals surface area contributed by atoms with E-state index in [1.54, 1.807) is 0 Å². The summed E-state index contributed by atoms with van der Waals surface area (Å²) in [6, 6.07) is 1.89. The van der Waals surface area contributed by atoms with Crippen molar-refractivity contribution in [3.8, 4) is 5.88 Å². The lowest BCUT2D eigenvalue weighted by Crippen LogP contribution is -2.24. The van der Waals surface area contributed by atoms with Crippen LogP contribution < -0.4 is 10.1 Å². The van der Waals surface area contributed by atoms with Crippen molar-refractivity contribution in [2.75, 3.05) is 19.7 Å². The predicted octanol–water partition coefficient (Wildman–Crippen LogP) is 1.34. The Labute approximate surface area is 85.0 Å². The lowest BCUT2D eigenvalue weighted by atomic mass is 10.2. The molecule has 0 aromatic carbocycles. The third kappa shape index (κ3) is 4.28. The van der Waals surface area contributed by atoms with Crippen LogP contribution in [-0.4, -0.2) is 29.9 Å². The van der Waals surface area contributed by atoms with E-state index in [0.717, 1.165) is 18.8 Å². The summed E-state index contributed by atoms with van der Waals surface area (Å²) >= 11 is 0. The molecule has 1 heterocycles. The van der Waals surface area contributed by atoms with Crippen molar-refractivity contribution in [1.82, 2.24) is 15.5 Å². The van der Waals surface area contributed by atoms with Crippen LogP contribution in [0.3, 0.4) is 0 Å². The average Bonchev–Trinajstić information content (AvgIpc) is 2.50. The monoisotopic (exact) mass is 197 g/mol. The van der Waals surface area contributed by atoms with Crippen LogP contribution in [0.2, 0.25) is 0 Å². The van der Waals surface area contributed by atoms with Crippen LogP contribution in [0.25, 0.3) is 0 Å². The van der Waals surface area contributed by atoms with Gasteiger partial charge in [-0.3, -0.25) is 5.10 Å². The Bertz CT molecular complexity index is 258. The largest absolute Gasteiger partial charge is 0.475 e. The SMILES string of the molecule is Cc1cc(OCCNCC(C)C)n[nH]1. The highest BCUT2D eigenvalue weighted by molar-refractivity contribution is 5.12. The summed E-state index contributed by atoms with van der Waals surface area (Å²) in [5.41, 5.74) is 1.02. The molecule has 4 heteroatoms. The topological polar surface area (TPSA) is 49.9 Å². The van der Waals surface area contributed by atoms with Crippen LogP contribution in [0, 0.1) is 12.8 Å². The van der Waals surface area contributed by atoms with E-state index < -0.39 is 0 Å². The fraction of sp³-hybridized carbons (Fsp3) is 0.700. The van der Waals surface area contributed by atoms with Gasteiger partial charge in [0.25, 0.3) is 0 Å². The van der Waals surface area contributed by atoms with Crippen LogP contribution in [0.4, 0.5) is 0 Å². The van der Waals surface area contributed by atoms with E-state index in [1.807, 2.05) is 13.0 Å². The molecule has 1 aromatic heterocycles. The molecule has 0 bridgehead atoms. The number of hydrogen-bond donors (Lipinski definition) is 2. The van der Waals surface area contributed by atoms with Crippen LogP contribution in [0.5, 0.6) is 5.88 Å². The van der Waals surface area contributed by atoms with Crippen molar-refractivity contribution in [1.29, 1.82) is 0 Å². The van der Waals surface area contributed by atoms with Crippen LogP contribution in [-0.2, 0) is 0 Å². The number of aromatic amines is 1. The summed E-state index contributed by atoms with van der Waals surface area (Å²) in [4.78, 5) is 0. The van der Waals surface area contributed by atoms with Crippen molar-refractivity contribution in [2.24, 2.45) is 5.92 Å². The highest BCUT2D eigenvalue weighted by atomic mass is 16.5. The molecule has 0 saturated heterocycles. The zero-order valence-corrected chi connectivity index (χ0v) is 9.13. The predicted molar refractivity (Wildman–Crippen MR) is 56.5 cm³/mol. The summed E-state index contributed by atoms with van der Waals surface area (Å²) in [6.07, 6.45) is 0. The Kier molecular flexibility index (Phi) is 4.46. The summed E-state index contributed by atoms with van der Waals surface area (Å²) in [6.45, 7) is 8.89. The molecule has 1 aromatic rings. The number of H-pyrrole nitrogens is 1. The molecule has 4 nitrogen and oxygen atoms in total. The van der Waals surface area contributed by atoms with Gasteiger partial charge >= 0.3 is 0 Å². The van der Waals surface area contributed by atoms with Gasteiger partial charge in [0, 0.05) is 18.3 Å². The van der Waals surface area contributed by atoms with Gasteiger partial charge in [-0.2, -0.15) is 0 Å². The van der Waals surface area contributed by atoms with Gasteiger partial charge in [0.15, 0.2) is 0 Å². The van der Waals surface area contributed by atoms with Gasteiger partial charge in [0.1, 0.15) is 6.61 Å². The second-order valence-corrected chi connectivity index (χ2v) is 3.84. The molecule has 0 fully saturated rings. The van der Waals surface area contributed by atoms with Gasteiger partial charge in [0.05, 0.1) is 0 Å². The Morgan fingerprint density at radius 1 is 1.57 bits per heavy atom. The number of nitrogens with zero attached hydrogens (tertiary/aromatic N) is 1. The third-order valence-electron chi connectivity index (χ3n) is 1.76. The molecule has 1 rings (SSSR count). The van der Waals surface area contributed by atoms with Gasteiger partial charge < -0.3 is 10.1 Å². The molecule has 0 radical (unpaired) electrons. The minimum atomic E-state index is 0.664. The Balaban J connectivity index is 2.04. The number of rotatable bonds is 6. The number of aromatic nitrogens is 2. The van der Waals surface area contributed by atoms with E-state index in [0.29, 0.717) is 18.4 Å². The van der Waals surface area contributed by atoms with Crippen LogP contribution in [0.15, 0.2) is 6.07 Å². The molecule has 0 atom stereocenters. The van der Waals surface area contributed by atoms with Crippen molar-refractivity contribution in [3.05, 3.63) is 11.8 Å². The van der Waals surface area contributed by atoms with Gasteiger partial charge in [-0.05, 0) is 19.4 Å². The maximum Gasteiger partial charge on any atom is 0.232 e. The second-order valence-electron chi connectivity index (χ2n) is 3.84. The van der Waals surface area contributed by atoms with E-state index >= 15 is 0 Å². The molecule has 0 unspecified atom stereocenters. The molecule has 14 heavy (non-hydrogen) atoms. The van der Waals surface area contributed by atoms with Crippen molar-refractivity contribution in [2.45, 2.75) is 20.8 Å². The van der Waals surface area contributed by atoms with Gasteiger partial charge in [-0.25, -0.2) is 0 Å². The fourth-order valence-corrected chi connectivity index (χ4v) is 1.09. The molecule has 0 aliphatic heterocycles. The lowest BCUT2D eigenvalue weighted by molar-refractivity contribution is 0.299. The summed E-state index contributed by atoms with van der Waals surface area (Å²) in [5.74, 6) is 1.36. The quantitative estimate of drug-likeness (QED) is 0.677. The smallest absolute Gasteiger partial charge is 0.232 e. The number of hydrogen-bond acceptors (Lipinski definition) is 3. The second kappa shape index (κ2) is 5.65. The number of aryl methyl sites for hydroxylation is 1. The molecule has 0 saturated carbocycles. The fourth-order valence-electron chi connectivity index (χ4n) is 1.09. The molecule has 0 aliphatic carbocycles. The molecular formula is C10H19N3O. The molecule has 0 spiro atoms. The van der Waals surface area contributed by atoms with Crippen molar-refractivity contribution < 1.29 is 4.74 Å². The summed E-state index contributed by atoms with van der Waals surface area (Å²) < 4.78 is 5.40. The van der Waals surface area contributed by atoms with E-state index in [9.17, 15) is 0 Å². The molecular weight excluding hydrogens is 178 g/mol. The summed E-state index contributed by atoms with van der Waals surface area (Å²) in [5, 5.41) is 10.1. The Morgan fingerprint density at radius 3 is 2.93 bits per heavy atom. The first-order chi connectivity index (χ1) is 6.68. The minimum Gasteiger partial charge on any atom is -0.475 e. The van der Waals surface area contributed by atoms with E-state index in [-0.39, 0.29) is 0 Å². The first kappa shape index (κ1) is 11.0. The maximum atomic E-state index is 5.40. The maximum absolute atomic E-state index is 5.40. The minimum absolute atomic E-state index is 0.664. The molecule has 0 amide bonds. The Hall–Kier alpha value is -1.03. The molecule has 0 aliphatic rings. The van der Waals surface area contributed by atoms with Gasteiger partial charge in [-0.15, -0.1) is 5.10 Å². The zero-order chi connectivity index (χ0) is 10.4. The zero-order valence-electron chi connectivity index (χ0n) is 9.13. The standard InChI is InChI=1S/C10H19N3O/c1-8(2)7-11-4-5-14-10-6-9(3)12-13-10/h6,8,11H,4-5,7H2,1-3H3,(H,12,13). The normalized spacial score (nSPS) is 10.9. The van der Waals surface area contributed by atoms with Gasteiger partial charge in [0.2, 0.25) is 5.88 Å². The highest BCUT2D eigenvalue weighted by Gasteiger charge is 1.97. The number of ether oxygens (including phenoxy) is 1. The van der Waals surface area contributed by atoms with Gasteiger partial charge in [-0.1, -0.05) is 13.8 Å². The number of nitrogens with one attached hydrogen (secondary N) is 2. The first-order valence-electron chi connectivity index (χ1n) is 5.04. The third-order valence-corrected chi connectivity index (χ3v) is 1.76. The van der Waals surface area contributed by atoms with Crippen molar-refractivity contribution >= 4 is 0 Å². The Morgan fingerprint density at radius 2 is 2.36 bits per heavy atom. The van der Waals surface area contributed by atoms with Crippen molar-refractivity contribution in [3.63, 3.8) is 0 Å². The first-order valence-corrected chi connectivity index (χ1v) is 5.04. The van der Waals surface area contributed by atoms with E-state index in [2.05, 4.69) is 29.4 Å². The summed E-state index contributed by atoms with van der Waals surface area (Å²) in [7, 11) is 0. The average molecular weight is 197 g/mol. The highest BCUT2D eigenvalue weighted by Crippen LogP contribution is 2.05. The molecule has 80 valence electrons. The molecule has 2 N–H and O–H groups in total. The lowest BCUT2D eigenvalue weighted by Gasteiger charge is -2.07. The van der Waals surface area contributed by atoms with Crippen LogP contribution >= 0.6 is 0 Å². The van der Waals surface area contributed by atoms with E-state index in [4.69, 9.17) is 4.74 Å². The van der Waals surface area contributed by atoms with E-state index in [1.165, 1.54) is 0 Å². The van der Waals surface area contributed by atoms with Crippen LogP contribution in [0.1, 0.15) is 19.5 Å².